The largest absolute Gasteiger partial charge is 0.390 e. The molecule has 0 amide bonds. The summed E-state index contributed by atoms with van der Waals surface area (Å²) < 4.78 is 28.8. The molecule has 0 unspecified atom stereocenters. The minimum atomic E-state index is -2.82. The Hall–Kier alpha value is -0.970. The third-order valence-corrected chi connectivity index (χ3v) is 2.85. The van der Waals surface area contributed by atoms with E-state index >= 15 is 0 Å². The van der Waals surface area contributed by atoms with Gasteiger partial charge < -0.3 is 5.11 Å². The lowest BCUT2D eigenvalue weighted by molar-refractivity contribution is -0.0238. The predicted octanol–water partition coefficient (Wildman–Crippen LogP) is 1.82. The Balaban J connectivity index is 2.58. The van der Waals surface area contributed by atoms with Crippen LogP contribution in [0.2, 0.25) is 0 Å². The lowest BCUT2D eigenvalue weighted by atomic mass is 9.92. The summed E-state index contributed by atoms with van der Waals surface area (Å²) in [6, 6.07) is 0. The zero-order valence-corrected chi connectivity index (χ0v) is 8.63. The molecule has 15 heavy (non-hydrogen) atoms. The van der Waals surface area contributed by atoms with Crippen molar-refractivity contribution in [1.82, 2.24) is 9.78 Å². The summed E-state index contributed by atoms with van der Waals surface area (Å²) in [4.78, 5) is 0. The van der Waals surface area contributed by atoms with Gasteiger partial charge in [-0.3, -0.25) is 4.68 Å². The molecular formula is C10H14F2N2O. The molecule has 1 aliphatic carbocycles. The van der Waals surface area contributed by atoms with Gasteiger partial charge in [-0.1, -0.05) is 0 Å². The maximum Gasteiger partial charge on any atom is 0.276 e. The maximum atomic E-state index is 13.6. The van der Waals surface area contributed by atoms with Crippen LogP contribution in [0.3, 0.4) is 0 Å². The van der Waals surface area contributed by atoms with Crippen LogP contribution >= 0.6 is 0 Å². The summed E-state index contributed by atoms with van der Waals surface area (Å²) in [5.41, 5.74) is 0.701. The predicted molar refractivity (Wildman–Crippen MR) is 50.7 cm³/mol. The lowest BCUT2D eigenvalue weighted by Crippen LogP contribution is -2.22. The summed E-state index contributed by atoms with van der Waals surface area (Å²) in [6.07, 6.45) is 0.977. The molecule has 1 aromatic rings. The molecule has 1 aromatic heterocycles. The molecule has 1 N–H and O–H groups in total. The third kappa shape index (κ3) is 1.55. The summed E-state index contributed by atoms with van der Waals surface area (Å²) in [5.74, 6) is -2.82. The van der Waals surface area contributed by atoms with Gasteiger partial charge in [-0.25, -0.2) is 8.78 Å². The van der Waals surface area contributed by atoms with E-state index in [9.17, 15) is 8.78 Å². The number of aryl methyl sites for hydroxylation is 1. The summed E-state index contributed by atoms with van der Waals surface area (Å²) in [7, 11) is 0. The number of halogens is 2. The topological polar surface area (TPSA) is 38.0 Å². The van der Waals surface area contributed by atoms with E-state index in [1.807, 2.05) is 6.92 Å². The van der Waals surface area contributed by atoms with E-state index in [0.29, 0.717) is 25.1 Å². The number of fused-ring (bicyclic) bond motifs is 1. The van der Waals surface area contributed by atoms with Crippen LogP contribution < -0.4 is 0 Å². The van der Waals surface area contributed by atoms with E-state index in [1.165, 1.54) is 0 Å². The zero-order valence-electron chi connectivity index (χ0n) is 8.63. The van der Waals surface area contributed by atoms with Gasteiger partial charge in [-0.2, -0.15) is 5.10 Å². The van der Waals surface area contributed by atoms with Crippen LogP contribution in [0, 0.1) is 0 Å². The van der Waals surface area contributed by atoms with Crippen molar-refractivity contribution >= 4 is 0 Å². The first kappa shape index (κ1) is 10.5. The van der Waals surface area contributed by atoms with E-state index in [1.54, 1.807) is 4.68 Å². The van der Waals surface area contributed by atoms with E-state index in [0.717, 1.165) is 0 Å². The van der Waals surface area contributed by atoms with E-state index < -0.39 is 12.5 Å². The molecule has 0 spiro atoms. The number of aliphatic hydroxyl groups is 1. The molecule has 84 valence electrons. The number of nitrogens with zero attached hydrogens (tertiary/aromatic N) is 2. The number of aliphatic hydroxyl groups excluding tert-OH is 1. The zero-order chi connectivity index (χ0) is 11.1. The van der Waals surface area contributed by atoms with Crippen LogP contribution in [-0.2, 0) is 25.5 Å². The van der Waals surface area contributed by atoms with Crippen LogP contribution in [0.25, 0.3) is 0 Å². The van der Waals surface area contributed by atoms with Crippen LogP contribution in [-0.4, -0.2) is 14.9 Å². The highest BCUT2D eigenvalue weighted by Crippen LogP contribution is 2.41. The van der Waals surface area contributed by atoms with Crippen molar-refractivity contribution in [3.8, 4) is 0 Å². The molecule has 0 saturated heterocycles. The molecule has 3 nitrogen and oxygen atoms in total. The normalized spacial score (nSPS) is 18.9. The highest BCUT2D eigenvalue weighted by molar-refractivity contribution is 5.33. The third-order valence-electron chi connectivity index (χ3n) is 2.85. The summed E-state index contributed by atoms with van der Waals surface area (Å²) in [5, 5.41) is 13.0. The fraction of sp³-hybridized carbons (Fsp3) is 0.700. The first-order chi connectivity index (χ1) is 7.10. The van der Waals surface area contributed by atoms with Gasteiger partial charge in [-0.05, 0) is 19.8 Å². The summed E-state index contributed by atoms with van der Waals surface area (Å²) in [6.45, 7) is 2.02. The number of hydrogen-bond acceptors (Lipinski definition) is 2. The van der Waals surface area contributed by atoms with Gasteiger partial charge in [0.25, 0.3) is 5.92 Å². The van der Waals surface area contributed by atoms with Gasteiger partial charge in [0, 0.05) is 18.7 Å². The van der Waals surface area contributed by atoms with E-state index in [-0.39, 0.29) is 17.7 Å². The molecule has 1 aliphatic rings. The average molecular weight is 216 g/mol. The van der Waals surface area contributed by atoms with Crippen molar-refractivity contribution < 1.29 is 13.9 Å². The molecule has 0 radical (unpaired) electrons. The van der Waals surface area contributed by atoms with Crippen molar-refractivity contribution in [2.45, 2.75) is 45.3 Å². The Kier molecular flexibility index (Phi) is 2.50. The minimum absolute atomic E-state index is 0.0295. The van der Waals surface area contributed by atoms with Crippen molar-refractivity contribution in [1.29, 1.82) is 0 Å². The van der Waals surface area contributed by atoms with Gasteiger partial charge in [0.15, 0.2) is 0 Å². The van der Waals surface area contributed by atoms with E-state index in [4.69, 9.17) is 5.11 Å². The van der Waals surface area contributed by atoms with Crippen LogP contribution in [0.15, 0.2) is 0 Å². The lowest BCUT2D eigenvalue weighted by Gasteiger charge is -2.23. The molecule has 2 rings (SSSR count). The molecule has 0 aliphatic heterocycles. The highest BCUT2D eigenvalue weighted by Gasteiger charge is 2.41. The minimum Gasteiger partial charge on any atom is -0.390 e. The fourth-order valence-electron chi connectivity index (χ4n) is 2.20. The highest BCUT2D eigenvalue weighted by atomic mass is 19.3. The average Bonchev–Trinajstić information content (AvgIpc) is 2.57. The smallest absolute Gasteiger partial charge is 0.276 e. The van der Waals surface area contributed by atoms with Crippen LogP contribution in [0.5, 0.6) is 0 Å². The first-order valence-corrected chi connectivity index (χ1v) is 5.18. The van der Waals surface area contributed by atoms with Crippen molar-refractivity contribution in [2.75, 3.05) is 0 Å². The molecule has 1 heterocycles. The van der Waals surface area contributed by atoms with Gasteiger partial charge in [0.2, 0.25) is 0 Å². The Morgan fingerprint density at radius 2 is 2.27 bits per heavy atom. The Morgan fingerprint density at radius 3 is 2.87 bits per heavy atom. The fourth-order valence-corrected chi connectivity index (χ4v) is 2.20. The number of aromatic nitrogens is 2. The second kappa shape index (κ2) is 3.56. The van der Waals surface area contributed by atoms with Crippen LogP contribution in [0.4, 0.5) is 8.78 Å². The first-order valence-electron chi connectivity index (χ1n) is 5.18. The van der Waals surface area contributed by atoms with Crippen molar-refractivity contribution in [3.63, 3.8) is 0 Å². The van der Waals surface area contributed by atoms with Crippen molar-refractivity contribution in [3.05, 3.63) is 17.0 Å². The maximum absolute atomic E-state index is 13.6. The van der Waals surface area contributed by atoms with Crippen molar-refractivity contribution in [2.24, 2.45) is 0 Å². The Morgan fingerprint density at radius 1 is 1.53 bits per heavy atom. The molecule has 0 saturated carbocycles. The second-order valence-corrected chi connectivity index (χ2v) is 3.80. The number of hydrogen-bond donors (Lipinski definition) is 1. The van der Waals surface area contributed by atoms with Crippen LogP contribution in [0.1, 0.15) is 36.7 Å². The van der Waals surface area contributed by atoms with Gasteiger partial charge >= 0.3 is 0 Å². The summed E-state index contributed by atoms with van der Waals surface area (Å²) >= 11 is 0. The SMILES string of the molecule is CCn1nc(CO)c2c1CCCC2(F)F. The van der Waals surface area contributed by atoms with Gasteiger partial charge in [-0.15, -0.1) is 0 Å². The molecule has 0 atom stereocenters. The second-order valence-electron chi connectivity index (χ2n) is 3.80. The number of alkyl halides is 2. The van der Waals surface area contributed by atoms with E-state index in [2.05, 4.69) is 5.10 Å². The Bertz CT molecular complexity index is 374. The Labute approximate surface area is 86.7 Å². The molecule has 0 aromatic carbocycles. The van der Waals surface area contributed by atoms with Gasteiger partial charge in [0.1, 0.15) is 0 Å². The molecule has 0 bridgehead atoms. The standard InChI is InChI=1S/C10H14F2N2O/c1-2-14-8-4-3-5-10(11,12)9(8)7(6-15)13-14/h15H,2-6H2,1H3. The molecular weight excluding hydrogens is 202 g/mol. The quantitative estimate of drug-likeness (QED) is 0.818. The monoisotopic (exact) mass is 216 g/mol. The number of rotatable bonds is 2. The van der Waals surface area contributed by atoms with Gasteiger partial charge in [0.05, 0.1) is 17.9 Å². The molecule has 5 heteroatoms. The molecule has 0 fully saturated rings.